The summed E-state index contributed by atoms with van der Waals surface area (Å²) >= 11 is 0. The van der Waals surface area contributed by atoms with E-state index in [2.05, 4.69) is 40.0 Å². The van der Waals surface area contributed by atoms with Crippen molar-refractivity contribution in [3.05, 3.63) is 30.1 Å². The second-order valence-electron chi connectivity index (χ2n) is 4.24. The molecular formula is C12H15N3. The minimum Gasteiger partial charge on any atom is -0.326 e. The Balaban J connectivity index is 2.15. The van der Waals surface area contributed by atoms with E-state index in [0.717, 1.165) is 18.6 Å². The summed E-state index contributed by atoms with van der Waals surface area (Å²) in [5.41, 5.74) is 3.67. The first kappa shape index (κ1) is 8.92. The topological polar surface area (TPSA) is 29.9 Å². The van der Waals surface area contributed by atoms with Crippen molar-refractivity contribution in [2.45, 2.75) is 19.4 Å². The molecule has 0 spiro atoms. The van der Waals surface area contributed by atoms with Crippen molar-refractivity contribution in [1.82, 2.24) is 14.9 Å². The van der Waals surface area contributed by atoms with Gasteiger partial charge in [-0.15, -0.1) is 0 Å². The minimum absolute atomic E-state index is 0.580. The number of nitrogens with one attached hydrogen (secondary N) is 1. The van der Waals surface area contributed by atoms with Gasteiger partial charge in [0.05, 0.1) is 17.4 Å². The third-order valence-corrected chi connectivity index (χ3v) is 3.23. The lowest BCUT2D eigenvalue weighted by Gasteiger charge is -2.11. The van der Waals surface area contributed by atoms with Crippen LogP contribution in [-0.4, -0.2) is 22.6 Å². The third-order valence-electron chi connectivity index (χ3n) is 3.23. The number of rotatable bonds is 1. The lowest BCUT2D eigenvalue weighted by Crippen LogP contribution is -2.12. The Bertz CT molecular complexity index is 481. The number of aryl methyl sites for hydroxylation is 1. The molecule has 1 unspecified atom stereocenters. The van der Waals surface area contributed by atoms with E-state index in [4.69, 9.17) is 0 Å². The summed E-state index contributed by atoms with van der Waals surface area (Å²) < 4.78 is 2.31. The zero-order valence-electron chi connectivity index (χ0n) is 8.90. The molecule has 3 heteroatoms. The van der Waals surface area contributed by atoms with E-state index >= 15 is 0 Å². The van der Waals surface area contributed by atoms with Gasteiger partial charge in [-0.25, -0.2) is 4.98 Å². The van der Waals surface area contributed by atoms with Crippen molar-refractivity contribution < 1.29 is 0 Å². The number of fused-ring (bicyclic) bond motifs is 1. The predicted octanol–water partition coefficient (Wildman–Crippen LogP) is 1.88. The van der Waals surface area contributed by atoms with Gasteiger partial charge in [0, 0.05) is 12.6 Å². The molecule has 3 rings (SSSR count). The summed E-state index contributed by atoms with van der Waals surface area (Å²) in [4.78, 5) is 4.50. The van der Waals surface area contributed by atoms with Gasteiger partial charge < -0.3 is 9.88 Å². The van der Waals surface area contributed by atoms with Gasteiger partial charge in [-0.1, -0.05) is 12.1 Å². The van der Waals surface area contributed by atoms with Gasteiger partial charge in [0.2, 0.25) is 0 Å². The molecule has 0 saturated carbocycles. The highest BCUT2D eigenvalue weighted by Gasteiger charge is 2.18. The fourth-order valence-corrected chi connectivity index (χ4v) is 2.37. The molecule has 0 bridgehead atoms. The Morgan fingerprint density at radius 1 is 1.47 bits per heavy atom. The minimum atomic E-state index is 0.580. The van der Waals surface area contributed by atoms with Crippen LogP contribution in [0.3, 0.4) is 0 Å². The maximum atomic E-state index is 4.50. The van der Waals surface area contributed by atoms with Gasteiger partial charge >= 0.3 is 0 Å². The molecule has 3 nitrogen and oxygen atoms in total. The molecule has 15 heavy (non-hydrogen) atoms. The van der Waals surface area contributed by atoms with Crippen molar-refractivity contribution in [3.63, 3.8) is 0 Å². The summed E-state index contributed by atoms with van der Waals surface area (Å²) in [7, 11) is 0. The summed E-state index contributed by atoms with van der Waals surface area (Å²) in [5.74, 6) is 0. The van der Waals surface area contributed by atoms with Crippen LogP contribution >= 0.6 is 0 Å². The zero-order chi connectivity index (χ0) is 10.3. The maximum absolute atomic E-state index is 4.50. The second-order valence-corrected chi connectivity index (χ2v) is 4.24. The first-order valence-corrected chi connectivity index (χ1v) is 5.49. The van der Waals surface area contributed by atoms with Crippen molar-refractivity contribution in [2.75, 3.05) is 13.1 Å². The van der Waals surface area contributed by atoms with Crippen molar-refractivity contribution >= 4 is 11.0 Å². The van der Waals surface area contributed by atoms with Crippen molar-refractivity contribution in [3.8, 4) is 0 Å². The monoisotopic (exact) mass is 201 g/mol. The molecule has 1 aliphatic heterocycles. The second kappa shape index (κ2) is 3.35. The van der Waals surface area contributed by atoms with E-state index in [1.54, 1.807) is 0 Å². The fraction of sp³-hybridized carbons (Fsp3) is 0.417. The van der Waals surface area contributed by atoms with Crippen molar-refractivity contribution in [1.29, 1.82) is 0 Å². The molecule has 1 N–H and O–H groups in total. The number of aromatic nitrogens is 2. The largest absolute Gasteiger partial charge is 0.326 e. The lowest BCUT2D eigenvalue weighted by atomic mass is 10.2. The van der Waals surface area contributed by atoms with Crippen LogP contribution in [0, 0.1) is 6.92 Å². The van der Waals surface area contributed by atoms with E-state index in [9.17, 15) is 0 Å². The summed E-state index contributed by atoms with van der Waals surface area (Å²) in [6.45, 7) is 4.31. The third kappa shape index (κ3) is 1.35. The van der Waals surface area contributed by atoms with E-state index in [0.29, 0.717) is 6.04 Å². The van der Waals surface area contributed by atoms with E-state index in [-0.39, 0.29) is 0 Å². The van der Waals surface area contributed by atoms with E-state index in [1.165, 1.54) is 17.5 Å². The van der Waals surface area contributed by atoms with Gasteiger partial charge in [-0.05, 0) is 31.5 Å². The SMILES string of the molecule is Cc1cccc2c1ncn2C1CCNC1. The first-order valence-electron chi connectivity index (χ1n) is 5.49. The molecule has 0 amide bonds. The van der Waals surface area contributed by atoms with Gasteiger partial charge in [-0.2, -0.15) is 0 Å². The highest BCUT2D eigenvalue weighted by molar-refractivity contribution is 5.78. The normalized spacial score (nSPS) is 21.3. The number of nitrogens with zero attached hydrogens (tertiary/aromatic N) is 2. The number of imidazole rings is 1. The molecule has 1 atom stereocenters. The average Bonchev–Trinajstić information content (AvgIpc) is 2.85. The Labute approximate surface area is 89.1 Å². The molecule has 78 valence electrons. The highest BCUT2D eigenvalue weighted by atomic mass is 15.1. The Morgan fingerprint density at radius 3 is 3.20 bits per heavy atom. The van der Waals surface area contributed by atoms with E-state index < -0.39 is 0 Å². The molecule has 2 heterocycles. The average molecular weight is 201 g/mol. The van der Waals surface area contributed by atoms with E-state index in [1.807, 2.05) is 6.33 Å². The molecule has 1 aromatic carbocycles. The smallest absolute Gasteiger partial charge is 0.0961 e. The molecule has 1 fully saturated rings. The van der Waals surface area contributed by atoms with Crippen LogP contribution in [0.2, 0.25) is 0 Å². The van der Waals surface area contributed by atoms with Crippen LogP contribution in [0.5, 0.6) is 0 Å². The van der Waals surface area contributed by atoms with Gasteiger partial charge in [0.25, 0.3) is 0 Å². The Hall–Kier alpha value is -1.35. The van der Waals surface area contributed by atoms with Crippen LogP contribution in [0.4, 0.5) is 0 Å². The molecule has 2 aromatic rings. The lowest BCUT2D eigenvalue weighted by molar-refractivity contribution is 0.561. The Kier molecular flexibility index (Phi) is 1.99. The Morgan fingerprint density at radius 2 is 2.40 bits per heavy atom. The van der Waals surface area contributed by atoms with Gasteiger partial charge in [-0.3, -0.25) is 0 Å². The summed E-state index contributed by atoms with van der Waals surface area (Å²) in [6.07, 6.45) is 3.19. The van der Waals surface area contributed by atoms with Gasteiger partial charge in [0.15, 0.2) is 0 Å². The van der Waals surface area contributed by atoms with Crippen LogP contribution in [0.1, 0.15) is 18.0 Å². The molecule has 1 aliphatic rings. The number of hydrogen-bond acceptors (Lipinski definition) is 2. The van der Waals surface area contributed by atoms with Crippen LogP contribution in [-0.2, 0) is 0 Å². The van der Waals surface area contributed by atoms with Crippen molar-refractivity contribution in [2.24, 2.45) is 0 Å². The van der Waals surface area contributed by atoms with Crippen LogP contribution < -0.4 is 5.32 Å². The molecule has 1 aromatic heterocycles. The van der Waals surface area contributed by atoms with Crippen LogP contribution in [0.25, 0.3) is 11.0 Å². The maximum Gasteiger partial charge on any atom is 0.0961 e. The zero-order valence-corrected chi connectivity index (χ0v) is 8.90. The summed E-state index contributed by atoms with van der Waals surface area (Å²) in [6, 6.07) is 6.97. The number of hydrogen-bond donors (Lipinski definition) is 1. The van der Waals surface area contributed by atoms with Crippen LogP contribution in [0.15, 0.2) is 24.5 Å². The summed E-state index contributed by atoms with van der Waals surface area (Å²) in [5, 5.41) is 3.39. The molecular weight excluding hydrogens is 186 g/mol. The number of benzene rings is 1. The fourth-order valence-electron chi connectivity index (χ4n) is 2.37. The predicted molar refractivity (Wildman–Crippen MR) is 61.0 cm³/mol. The molecule has 0 aliphatic carbocycles. The number of para-hydroxylation sites is 1. The first-order chi connectivity index (χ1) is 7.36. The molecule has 0 radical (unpaired) electrons. The molecule has 1 saturated heterocycles. The highest BCUT2D eigenvalue weighted by Crippen LogP contribution is 2.23. The quantitative estimate of drug-likeness (QED) is 0.763. The van der Waals surface area contributed by atoms with Gasteiger partial charge in [0.1, 0.15) is 0 Å². The standard InChI is InChI=1S/C12H15N3/c1-9-3-2-4-11-12(9)14-8-15(11)10-5-6-13-7-10/h2-4,8,10,13H,5-7H2,1H3.